The van der Waals surface area contributed by atoms with Gasteiger partial charge in [0.2, 0.25) is 5.91 Å². The lowest BCUT2D eigenvalue weighted by Gasteiger charge is -2.15. The van der Waals surface area contributed by atoms with Gasteiger partial charge in [0.1, 0.15) is 5.25 Å². The lowest BCUT2D eigenvalue weighted by atomic mass is 10.1. The van der Waals surface area contributed by atoms with E-state index in [4.69, 9.17) is 11.5 Å². The number of benzene rings is 2. The number of hydrogen-bond acceptors (Lipinski definition) is 4. The molecule has 0 heterocycles. The third-order valence-electron chi connectivity index (χ3n) is 3.18. The van der Waals surface area contributed by atoms with Crippen LogP contribution in [-0.2, 0) is 14.6 Å². The monoisotopic (exact) mass is 292 g/mol. The number of primary amides is 1. The minimum Gasteiger partial charge on any atom is -0.369 e. The highest BCUT2D eigenvalue weighted by Gasteiger charge is 2.32. The fraction of sp³-hybridized carbons (Fsp3) is 0.214. The first-order valence-corrected chi connectivity index (χ1v) is 7.74. The first-order valence-electron chi connectivity index (χ1n) is 6.19. The summed E-state index contributed by atoms with van der Waals surface area (Å²) in [6.07, 6.45) is 0.0148. The van der Waals surface area contributed by atoms with Crippen LogP contribution in [0.25, 0.3) is 10.8 Å². The largest absolute Gasteiger partial charge is 0.369 e. The first kappa shape index (κ1) is 14.5. The first-order chi connectivity index (χ1) is 9.48. The lowest BCUT2D eigenvalue weighted by molar-refractivity contribution is -0.117. The predicted molar refractivity (Wildman–Crippen MR) is 77.8 cm³/mol. The average Bonchev–Trinajstić information content (AvgIpc) is 2.43. The van der Waals surface area contributed by atoms with Gasteiger partial charge < -0.3 is 11.5 Å². The van der Waals surface area contributed by atoms with Crippen LogP contribution in [-0.4, -0.2) is 26.1 Å². The molecule has 2 rings (SSSR count). The van der Waals surface area contributed by atoms with Crippen molar-refractivity contribution in [3.05, 3.63) is 42.5 Å². The van der Waals surface area contributed by atoms with Crippen molar-refractivity contribution in [2.45, 2.75) is 16.6 Å². The van der Waals surface area contributed by atoms with Crippen LogP contribution in [0.1, 0.15) is 6.42 Å². The van der Waals surface area contributed by atoms with Gasteiger partial charge in [-0.05, 0) is 24.4 Å². The molecule has 6 heteroatoms. The molecule has 0 aliphatic carbocycles. The zero-order valence-corrected chi connectivity index (χ0v) is 11.6. The smallest absolute Gasteiger partial charge is 0.236 e. The Hall–Kier alpha value is -1.92. The van der Waals surface area contributed by atoms with Crippen molar-refractivity contribution in [1.29, 1.82) is 0 Å². The van der Waals surface area contributed by atoms with E-state index >= 15 is 0 Å². The van der Waals surface area contributed by atoms with Crippen molar-refractivity contribution in [1.82, 2.24) is 0 Å². The highest BCUT2D eigenvalue weighted by molar-refractivity contribution is 7.93. The van der Waals surface area contributed by atoms with Crippen LogP contribution in [0.15, 0.2) is 47.4 Å². The van der Waals surface area contributed by atoms with Crippen molar-refractivity contribution in [3.63, 3.8) is 0 Å². The molecule has 0 spiro atoms. The molecule has 0 aliphatic rings. The second-order valence-electron chi connectivity index (χ2n) is 4.49. The van der Waals surface area contributed by atoms with Gasteiger partial charge in [-0.3, -0.25) is 4.79 Å². The Bertz CT molecular complexity index is 736. The maximum Gasteiger partial charge on any atom is 0.236 e. The van der Waals surface area contributed by atoms with Crippen LogP contribution in [0.2, 0.25) is 0 Å². The fourth-order valence-corrected chi connectivity index (χ4v) is 4.02. The van der Waals surface area contributed by atoms with Crippen LogP contribution in [0.5, 0.6) is 0 Å². The quantitative estimate of drug-likeness (QED) is 0.851. The van der Waals surface area contributed by atoms with Crippen LogP contribution >= 0.6 is 0 Å². The summed E-state index contributed by atoms with van der Waals surface area (Å²) in [6.45, 7) is 0.0810. The molecule has 5 nitrogen and oxygen atoms in total. The van der Waals surface area contributed by atoms with E-state index in [0.29, 0.717) is 5.39 Å². The van der Waals surface area contributed by atoms with Gasteiger partial charge >= 0.3 is 0 Å². The van der Waals surface area contributed by atoms with E-state index in [1.54, 1.807) is 18.2 Å². The third kappa shape index (κ3) is 2.52. The molecule has 0 saturated heterocycles. The molecule has 0 bridgehead atoms. The Labute approximate surface area is 117 Å². The summed E-state index contributed by atoms with van der Waals surface area (Å²) in [7, 11) is -3.84. The predicted octanol–water partition coefficient (Wildman–Crippen LogP) is 0.816. The molecule has 2 aromatic rings. The standard InChI is InChI=1S/C14H16N2O3S/c15-9-8-13(14(16)17)20(18,19)12-7-3-5-10-4-1-2-6-11(10)12/h1-7,13H,8-9,15H2,(H2,16,17). The molecule has 0 saturated carbocycles. The second kappa shape index (κ2) is 5.60. The minimum absolute atomic E-state index is 0.0148. The number of carbonyl (C=O) groups excluding carboxylic acids is 1. The van der Waals surface area contributed by atoms with Crippen molar-refractivity contribution in [2.75, 3.05) is 6.54 Å². The molecule has 1 amide bonds. The highest BCUT2D eigenvalue weighted by Crippen LogP contribution is 2.26. The minimum atomic E-state index is -3.84. The average molecular weight is 292 g/mol. The molecule has 2 aromatic carbocycles. The Morgan fingerprint density at radius 1 is 1.10 bits per heavy atom. The summed E-state index contributed by atoms with van der Waals surface area (Å²) < 4.78 is 25.2. The van der Waals surface area contributed by atoms with Gasteiger partial charge in [-0.25, -0.2) is 8.42 Å². The molecule has 0 aliphatic heterocycles. The number of fused-ring (bicyclic) bond motifs is 1. The van der Waals surface area contributed by atoms with Gasteiger partial charge in [-0.15, -0.1) is 0 Å². The van der Waals surface area contributed by atoms with Crippen LogP contribution in [0.3, 0.4) is 0 Å². The van der Waals surface area contributed by atoms with E-state index in [1.165, 1.54) is 6.07 Å². The van der Waals surface area contributed by atoms with E-state index in [-0.39, 0.29) is 17.9 Å². The van der Waals surface area contributed by atoms with Crippen LogP contribution < -0.4 is 11.5 Å². The summed E-state index contributed by atoms with van der Waals surface area (Å²) in [6, 6.07) is 12.1. The van der Waals surface area contributed by atoms with Gasteiger partial charge in [0.25, 0.3) is 0 Å². The lowest BCUT2D eigenvalue weighted by Crippen LogP contribution is -2.37. The molecule has 1 unspecified atom stereocenters. The van der Waals surface area contributed by atoms with Gasteiger partial charge in [0.05, 0.1) is 4.90 Å². The highest BCUT2D eigenvalue weighted by atomic mass is 32.2. The summed E-state index contributed by atoms with van der Waals surface area (Å²) in [4.78, 5) is 11.6. The van der Waals surface area contributed by atoms with Gasteiger partial charge in [0, 0.05) is 5.39 Å². The Kier molecular flexibility index (Phi) is 4.06. The van der Waals surface area contributed by atoms with E-state index < -0.39 is 21.0 Å². The second-order valence-corrected chi connectivity index (χ2v) is 6.59. The van der Waals surface area contributed by atoms with Crippen molar-refractivity contribution in [3.8, 4) is 0 Å². The molecular weight excluding hydrogens is 276 g/mol. The van der Waals surface area contributed by atoms with E-state index in [2.05, 4.69) is 0 Å². The Balaban J connectivity index is 2.65. The molecule has 0 radical (unpaired) electrons. The molecule has 1 atom stereocenters. The number of sulfone groups is 1. The summed E-state index contributed by atoms with van der Waals surface area (Å²) in [5.41, 5.74) is 10.6. The van der Waals surface area contributed by atoms with E-state index in [9.17, 15) is 13.2 Å². The van der Waals surface area contributed by atoms with Gasteiger partial charge in [-0.1, -0.05) is 36.4 Å². The maximum atomic E-state index is 12.6. The Morgan fingerprint density at radius 2 is 1.75 bits per heavy atom. The zero-order chi connectivity index (χ0) is 14.8. The maximum absolute atomic E-state index is 12.6. The Morgan fingerprint density at radius 3 is 2.40 bits per heavy atom. The molecule has 0 aromatic heterocycles. The summed E-state index contributed by atoms with van der Waals surface area (Å²) >= 11 is 0. The number of nitrogens with two attached hydrogens (primary N) is 2. The third-order valence-corrected chi connectivity index (χ3v) is 5.36. The van der Waals surface area contributed by atoms with Crippen molar-refractivity contribution in [2.24, 2.45) is 11.5 Å². The summed E-state index contributed by atoms with van der Waals surface area (Å²) in [5, 5.41) is 0.0844. The van der Waals surface area contributed by atoms with Crippen molar-refractivity contribution >= 4 is 26.5 Å². The number of rotatable bonds is 5. The zero-order valence-electron chi connectivity index (χ0n) is 10.8. The topological polar surface area (TPSA) is 103 Å². The van der Waals surface area contributed by atoms with Gasteiger partial charge in [0.15, 0.2) is 9.84 Å². The molecular formula is C14H16N2O3S. The SMILES string of the molecule is NCCC(C(N)=O)S(=O)(=O)c1cccc2ccccc12. The molecule has 0 fully saturated rings. The van der Waals surface area contributed by atoms with E-state index in [0.717, 1.165) is 5.39 Å². The van der Waals surface area contributed by atoms with Crippen LogP contribution in [0, 0.1) is 0 Å². The van der Waals surface area contributed by atoms with Crippen LogP contribution in [0.4, 0.5) is 0 Å². The number of carbonyl (C=O) groups is 1. The summed E-state index contributed by atoms with van der Waals surface area (Å²) in [5.74, 6) is -0.872. The number of amides is 1. The van der Waals surface area contributed by atoms with E-state index in [1.807, 2.05) is 18.2 Å². The normalized spacial score (nSPS) is 13.2. The van der Waals surface area contributed by atoms with Gasteiger partial charge in [-0.2, -0.15) is 0 Å². The molecule has 106 valence electrons. The fourth-order valence-electron chi connectivity index (χ4n) is 2.20. The van der Waals surface area contributed by atoms with Crippen molar-refractivity contribution < 1.29 is 13.2 Å². The molecule has 20 heavy (non-hydrogen) atoms. The molecule has 4 N–H and O–H groups in total. The number of hydrogen-bond donors (Lipinski definition) is 2.